The fraction of sp³-hybridized carbons (Fsp3) is 0.591. The quantitative estimate of drug-likeness (QED) is 0.835. The van der Waals surface area contributed by atoms with E-state index in [1.807, 2.05) is 0 Å². The van der Waals surface area contributed by atoms with Crippen LogP contribution in [0, 0.1) is 23.2 Å². The highest BCUT2D eigenvalue weighted by Gasteiger charge is 2.53. The van der Waals surface area contributed by atoms with Gasteiger partial charge in [-0.15, -0.1) is 0 Å². The average molecular weight is 366 g/mol. The SMILES string of the molecule is CC(NC(=O)c1ccc2c(c1)C(=O)N(C)C2=O)C12CC3CC(CC(C3)C1)C2. The highest BCUT2D eigenvalue weighted by atomic mass is 16.2. The molecule has 1 unspecified atom stereocenters. The van der Waals surface area contributed by atoms with Gasteiger partial charge in [0.1, 0.15) is 0 Å². The Morgan fingerprint density at radius 1 is 1.04 bits per heavy atom. The Hall–Kier alpha value is -2.17. The van der Waals surface area contributed by atoms with Crippen LogP contribution < -0.4 is 5.32 Å². The van der Waals surface area contributed by atoms with Gasteiger partial charge in [0.05, 0.1) is 11.1 Å². The van der Waals surface area contributed by atoms with Gasteiger partial charge in [0.25, 0.3) is 17.7 Å². The minimum absolute atomic E-state index is 0.131. The van der Waals surface area contributed by atoms with Gasteiger partial charge in [-0.25, -0.2) is 0 Å². The lowest BCUT2D eigenvalue weighted by molar-refractivity contribution is -0.0688. The molecule has 27 heavy (non-hydrogen) atoms. The zero-order valence-electron chi connectivity index (χ0n) is 16.0. The van der Waals surface area contributed by atoms with Crippen LogP contribution in [-0.4, -0.2) is 35.7 Å². The molecule has 6 rings (SSSR count). The van der Waals surface area contributed by atoms with E-state index < -0.39 is 0 Å². The number of nitrogens with zero attached hydrogens (tertiary/aromatic N) is 1. The van der Waals surface area contributed by atoms with Crippen LogP contribution in [0.2, 0.25) is 0 Å². The Bertz CT molecular complexity index is 824. The molecule has 4 saturated carbocycles. The molecule has 5 heteroatoms. The smallest absolute Gasteiger partial charge is 0.261 e. The lowest BCUT2D eigenvalue weighted by Crippen LogP contribution is -2.55. The molecule has 5 nitrogen and oxygen atoms in total. The number of nitrogens with one attached hydrogen (secondary N) is 1. The molecule has 4 bridgehead atoms. The number of amides is 3. The van der Waals surface area contributed by atoms with Gasteiger partial charge in [-0.2, -0.15) is 0 Å². The summed E-state index contributed by atoms with van der Waals surface area (Å²) in [7, 11) is 1.47. The lowest BCUT2D eigenvalue weighted by Gasteiger charge is -2.59. The van der Waals surface area contributed by atoms with Crippen LogP contribution >= 0.6 is 0 Å². The van der Waals surface area contributed by atoms with Gasteiger partial charge >= 0.3 is 0 Å². The van der Waals surface area contributed by atoms with Crippen LogP contribution in [-0.2, 0) is 0 Å². The monoisotopic (exact) mass is 366 g/mol. The predicted octanol–water partition coefficient (Wildman–Crippen LogP) is 3.25. The fourth-order valence-corrected chi connectivity index (χ4v) is 6.64. The third kappa shape index (κ3) is 2.47. The third-order valence-corrected chi connectivity index (χ3v) is 7.70. The number of imide groups is 1. The van der Waals surface area contributed by atoms with E-state index in [1.54, 1.807) is 18.2 Å². The van der Waals surface area contributed by atoms with Crippen molar-refractivity contribution in [3.8, 4) is 0 Å². The number of rotatable bonds is 3. The third-order valence-electron chi connectivity index (χ3n) is 7.70. The van der Waals surface area contributed by atoms with Gasteiger partial charge in [0.15, 0.2) is 0 Å². The summed E-state index contributed by atoms with van der Waals surface area (Å²) in [6.45, 7) is 2.15. The summed E-state index contributed by atoms with van der Waals surface area (Å²) in [5.74, 6) is 1.75. The highest BCUT2D eigenvalue weighted by molar-refractivity contribution is 6.21. The van der Waals surface area contributed by atoms with Gasteiger partial charge in [-0.3, -0.25) is 19.3 Å². The molecule has 5 aliphatic rings. The van der Waals surface area contributed by atoms with Crippen molar-refractivity contribution in [3.05, 3.63) is 34.9 Å². The first kappa shape index (κ1) is 17.0. The molecule has 4 fully saturated rings. The number of hydrogen-bond donors (Lipinski definition) is 1. The molecule has 1 N–H and O–H groups in total. The first-order valence-corrected chi connectivity index (χ1v) is 10.1. The van der Waals surface area contributed by atoms with Gasteiger partial charge < -0.3 is 5.32 Å². The molecule has 0 spiro atoms. The van der Waals surface area contributed by atoms with E-state index in [9.17, 15) is 14.4 Å². The number of fused-ring (bicyclic) bond motifs is 1. The maximum absolute atomic E-state index is 12.9. The van der Waals surface area contributed by atoms with Crippen molar-refractivity contribution in [2.45, 2.75) is 51.5 Å². The molecule has 0 saturated heterocycles. The van der Waals surface area contributed by atoms with Gasteiger partial charge in [-0.05, 0) is 86.8 Å². The average Bonchev–Trinajstić information content (AvgIpc) is 2.84. The van der Waals surface area contributed by atoms with Crippen molar-refractivity contribution in [1.82, 2.24) is 10.2 Å². The molecule has 1 heterocycles. The molecule has 4 aliphatic carbocycles. The van der Waals surface area contributed by atoms with Gasteiger partial charge in [0, 0.05) is 18.7 Å². The molecule has 1 aromatic carbocycles. The van der Waals surface area contributed by atoms with Crippen LogP contribution in [0.5, 0.6) is 0 Å². The summed E-state index contributed by atoms with van der Waals surface area (Å²) in [5.41, 5.74) is 1.42. The van der Waals surface area contributed by atoms with E-state index in [2.05, 4.69) is 12.2 Å². The molecule has 1 aromatic rings. The van der Waals surface area contributed by atoms with Crippen molar-refractivity contribution in [3.63, 3.8) is 0 Å². The van der Waals surface area contributed by atoms with E-state index >= 15 is 0 Å². The molecular weight excluding hydrogens is 340 g/mol. The molecule has 0 radical (unpaired) electrons. The van der Waals surface area contributed by atoms with Crippen LogP contribution in [0.15, 0.2) is 18.2 Å². The molecule has 3 amide bonds. The summed E-state index contributed by atoms with van der Waals surface area (Å²) in [6, 6.07) is 4.96. The maximum Gasteiger partial charge on any atom is 0.261 e. The van der Waals surface area contributed by atoms with Crippen LogP contribution in [0.25, 0.3) is 0 Å². The minimum Gasteiger partial charge on any atom is -0.349 e. The largest absolute Gasteiger partial charge is 0.349 e. The minimum atomic E-state index is -0.334. The zero-order chi connectivity index (χ0) is 18.9. The lowest BCUT2D eigenvalue weighted by atomic mass is 9.48. The number of carbonyl (C=O) groups excluding carboxylic acids is 3. The van der Waals surface area contributed by atoms with Gasteiger partial charge in [-0.1, -0.05) is 0 Å². The second kappa shape index (κ2) is 5.66. The van der Waals surface area contributed by atoms with Crippen LogP contribution in [0.4, 0.5) is 0 Å². The van der Waals surface area contributed by atoms with E-state index in [0.29, 0.717) is 16.7 Å². The summed E-state index contributed by atoms with van der Waals surface area (Å²) >= 11 is 0. The fourth-order valence-electron chi connectivity index (χ4n) is 6.64. The van der Waals surface area contributed by atoms with Crippen molar-refractivity contribution in [2.75, 3.05) is 7.05 Å². The van der Waals surface area contributed by atoms with Crippen LogP contribution in [0.3, 0.4) is 0 Å². The first-order valence-electron chi connectivity index (χ1n) is 10.1. The standard InChI is InChI=1S/C22H26N2O3/c1-12(22-9-13-5-14(10-22)7-15(6-13)11-22)23-19(25)16-3-4-17-18(8-16)21(27)24(2)20(17)26/h3-4,8,12-15H,5-7,9-11H2,1-2H3,(H,23,25). The molecule has 0 aromatic heterocycles. The Morgan fingerprint density at radius 3 is 2.19 bits per heavy atom. The van der Waals surface area contributed by atoms with Crippen molar-refractivity contribution < 1.29 is 14.4 Å². The summed E-state index contributed by atoms with van der Waals surface area (Å²) in [6.07, 6.45) is 7.87. The second-order valence-corrected chi connectivity index (χ2v) is 9.40. The molecule has 142 valence electrons. The summed E-state index contributed by atoms with van der Waals surface area (Å²) in [4.78, 5) is 38.2. The Balaban J connectivity index is 1.36. The first-order chi connectivity index (χ1) is 12.9. The zero-order valence-corrected chi connectivity index (χ0v) is 16.0. The molecule has 1 atom stereocenters. The number of benzene rings is 1. The Labute approximate surface area is 159 Å². The van der Waals surface area contributed by atoms with Crippen molar-refractivity contribution in [1.29, 1.82) is 0 Å². The van der Waals surface area contributed by atoms with E-state index in [-0.39, 0.29) is 29.2 Å². The Kier molecular flexibility index (Phi) is 3.56. The summed E-state index contributed by atoms with van der Waals surface area (Å²) < 4.78 is 0. The van der Waals surface area contributed by atoms with Crippen LogP contribution in [0.1, 0.15) is 76.5 Å². The molecular formula is C22H26N2O3. The molecule has 1 aliphatic heterocycles. The second-order valence-electron chi connectivity index (χ2n) is 9.40. The van der Waals surface area contributed by atoms with Gasteiger partial charge in [0.2, 0.25) is 0 Å². The normalized spacial score (nSPS) is 34.7. The van der Waals surface area contributed by atoms with Crippen molar-refractivity contribution >= 4 is 17.7 Å². The highest BCUT2D eigenvalue weighted by Crippen LogP contribution is 2.61. The Morgan fingerprint density at radius 2 is 1.59 bits per heavy atom. The predicted molar refractivity (Wildman–Crippen MR) is 100 cm³/mol. The number of carbonyl (C=O) groups is 3. The number of hydrogen-bond acceptors (Lipinski definition) is 3. The van der Waals surface area contributed by atoms with Crippen molar-refractivity contribution in [2.24, 2.45) is 23.2 Å². The van der Waals surface area contributed by atoms with E-state index in [0.717, 1.165) is 22.7 Å². The van der Waals surface area contributed by atoms with E-state index in [1.165, 1.54) is 45.6 Å². The maximum atomic E-state index is 12.9. The topological polar surface area (TPSA) is 66.5 Å². The van der Waals surface area contributed by atoms with E-state index in [4.69, 9.17) is 0 Å². The summed E-state index contributed by atoms with van der Waals surface area (Å²) in [5, 5.41) is 3.23.